The number of hydrogen-bond acceptors (Lipinski definition) is 2. The average molecular weight is 303 g/mol. The van der Waals surface area contributed by atoms with Crippen LogP contribution in [0, 0.1) is 0 Å². The second-order valence-electron chi connectivity index (χ2n) is 1.99. The van der Waals surface area contributed by atoms with Gasteiger partial charge in [-0.25, -0.2) is 0 Å². The molecular formula is C6H13ClO4Sn. The van der Waals surface area contributed by atoms with E-state index in [0.717, 1.165) is 0 Å². The summed E-state index contributed by atoms with van der Waals surface area (Å²) in [5.74, 6) is -1.74. The SMILES string of the molecule is Cl.O=C(O)CCCCC(=O)O.[SnH2]. The van der Waals surface area contributed by atoms with Crippen molar-refractivity contribution in [2.75, 3.05) is 0 Å². The maximum absolute atomic E-state index is 9.90. The van der Waals surface area contributed by atoms with Gasteiger partial charge in [0.25, 0.3) is 0 Å². The number of carboxylic acid groups (broad SMARTS) is 2. The molecule has 4 nitrogen and oxygen atoms in total. The van der Waals surface area contributed by atoms with Gasteiger partial charge in [0.15, 0.2) is 0 Å². The van der Waals surface area contributed by atoms with Gasteiger partial charge in [0.1, 0.15) is 0 Å². The van der Waals surface area contributed by atoms with Crippen LogP contribution in [0.15, 0.2) is 0 Å². The number of carboxylic acids is 2. The summed E-state index contributed by atoms with van der Waals surface area (Å²) in [7, 11) is 0. The second kappa shape index (κ2) is 11.0. The normalized spacial score (nSPS) is 7.67. The van der Waals surface area contributed by atoms with Gasteiger partial charge in [-0.2, -0.15) is 0 Å². The fourth-order valence-electron chi connectivity index (χ4n) is 0.552. The molecule has 0 aliphatic carbocycles. The first kappa shape index (κ1) is 17.9. The Morgan fingerprint density at radius 3 is 1.33 bits per heavy atom. The molecule has 72 valence electrons. The zero-order valence-electron chi connectivity index (χ0n) is 6.65. The molecule has 0 saturated heterocycles. The summed E-state index contributed by atoms with van der Waals surface area (Å²) in [6.45, 7) is 0. The molecule has 0 heterocycles. The Morgan fingerprint density at radius 2 is 1.17 bits per heavy atom. The van der Waals surface area contributed by atoms with Crippen molar-refractivity contribution in [3.8, 4) is 0 Å². The Morgan fingerprint density at radius 1 is 0.917 bits per heavy atom. The van der Waals surface area contributed by atoms with Gasteiger partial charge in [-0.3, -0.25) is 9.59 Å². The number of carbonyl (C=O) groups is 2. The van der Waals surface area contributed by atoms with Crippen molar-refractivity contribution in [1.29, 1.82) is 0 Å². The molecule has 0 saturated carbocycles. The van der Waals surface area contributed by atoms with Crippen LogP contribution in [0.1, 0.15) is 25.7 Å². The molecule has 0 unspecified atom stereocenters. The summed E-state index contributed by atoms with van der Waals surface area (Å²) >= 11 is 0. The zero-order valence-corrected chi connectivity index (χ0v) is 11.5. The molecule has 0 bridgehead atoms. The van der Waals surface area contributed by atoms with Crippen molar-refractivity contribution in [3.05, 3.63) is 0 Å². The molecule has 0 aromatic heterocycles. The third-order valence-electron chi connectivity index (χ3n) is 1.03. The van der Waals surface area contributed by atoms with Crippen LogP contribution in [0.3, 0.4) is 0 Å². The van der Waals surface area contributed by atoms with E-state index in [1.54, 1.807) is 0 Å². The summed E-state index contributed by atoms with van der Waals surface area (Å²) < 4.78 is 0. The van der Waals surface area contributed by atoms with Crippen LogP contribution in [0.25, 0.3) is 0 Å². The van der Waals surface area contributed by atoms with Crippen molar-refractivity contribution in [2.45, 2.75) is 25.7 Å². The van der Waals surface area contributed by atoms with Crippen molar-refractivity contribution < 1.29 is 19.8 Å². The van der Waals surface area contributed by atoms with Gasteiger partial charge in [-0.1, -0.05) is 0 Å². The number of hydrogen-bond donors (Lipinski definition) is 2. The summed E-state index contributed by atoms with van der Waals surface area (Å²) in [5, 5.41) is 16.3. The molecular weight excluding hydrogens is 290 g/mol. The van der Waals surface area contributed by atoms with Crippen LogP contribution >= 0.6 is 12.4 Å². The van der Waals surface area contributed by atoms with Crippen molar-refractivity contribution in [3.63, 3.8) is 0 Å². The molecule has 0 atom stereocenters. The maximum atomic E-state index is 9.90. The Kier molecular flexibility index (Phi) is 16.5. The molecule has 0 aromatic rings. The monoisotopic (exact) mass is 304 g/mol. The first-order valence-electron chi connectivity index (χ1n) is 3.06. The minimum absolute atomic E-state index is 0. The Labute approximate surface area is 93.7 Å². The van der Waals surface area contributed by atoms with Crippen LogP contribution < -0.4 is 0 Å². The van der Waals surface area contributed by atoms with E-state index in [0.29, 0.717) is 12.8 Å². The van der Waals surface area contributed by atoms with Crippen LogP contribution in [0.2, 0.25) is 0 Å². The van der Waals surface area contributed by atoms with Gasteiger partial charge < -0.3 is 10.2 Å². The molecule has 0 aliphatic rings. The van der Waals surface area contributed by atoms with E-state index in [2.05, 4.69) is 0 Å². The fraction of sp³-hybridized carbons (Fsp3) is 0.667. The van der Waals surface area contributed by atoms with Crippen LogP contribution in [-0.4, -0.2) is 46.1 Å². The number of aliphatic carboxylic acids is 2. The van der Waals surface area contributed by atoms with Gasteiger partial charge in [0, 0.05) is 12.8 Å². The quantitative estimate of drug-likeness (QED) is 0.563. The molecule has 0 rings (SSSR count). The molecule has 0 spiro atoms. The van der Waals surface area contributed by atoms with E-state index in [4.69, 9.17) is 10.2 Å². The van der Waals surface area contributed by atoms with Gasteiger partial charge in [0.2, 0.25) is 0 Å². The summed E-state index contributed by atoms with van der Waals surface area (Å²) in [6, 6.07) is 0. The summed E-state index contributed by atoms with van der Waals surface area (Å²) in [5.41, 5.74) is 0. The average Bonchev–Trinajstić information content (AvgIpc) is 1.79. The van der Waals surface area contributed by atoms with Gasteiger partial charge >= 0.3 is 35.8 Å². The van der Waals surface area contributed by atoms with Crippen LogP contribution in [-0.2, 0) is 9.59 Å². The van der Waals surface area contributed by atoms with Gasteiger partial charge in [-0.15, -0.1) is 12.4 Å². The number of unbranched alkanes of at least 4 members (excludes halogenated alkanes) is 1. The van der Waals surface area contributed by atoms with Crippen molar-refractivity contribution >= 4 is 48.3 Å². The first-order valence-corrected chi connectivity index (χ1v) is 3.06. The van der Waals surface area contributed by atoms with Crippen molar-refractivity contribution in [1.82, 2.24) is 0 Å². The minimum atomic E-state index is -0.870. The third-order valence-corrected chi connectivity index (χ3v) is 1.03. The van der Waals surface area contributed by atoms with Gasteiger partial charge in [-0.05, 0) is 12.8 Å². The Hall–Kier alpha value is 0.0287. The van der Waals surface area contributed by atoms with E-state index in [-0.39, 0.29) is 49.2 Å². The molecule has 12 heavy (non-hydrogen) atoms. The Bertz CT molecular complexity index is 124. The first-order chi connectivity index (χ1) is 4.63. The Balaban J connectivity index is -0.000000405. The summed E-state index contributed by atoms with van der Waals surface area (Å²) in [6.07, 6.45) is 1.02. The molecule has 2 N–H and O–H groups in total. The standard InChI is InChI=1S/C6H10O4.ClH.Sn.2H/c7-5(8)3-1-2-4-6(9)10;;;;/h1-4H2,(H,7,8)(H,9,10);1H;;;. The number of halogens is 1. The molecule has 2 radical (unpaired) electrons. The molecule has 0 aliphatic heterocycles. The predicted molar refractivity (Wildman–Crippen MR) is 49.5 cm³/mol. The van der Waals surface area contributed by atoms with E-state index < -0.39 is 11.9 Å². The topological polar surface area (TPSA) is 74.6 Å². The van der Waals surface area contributed by atoms with Crippen molar-refractivity contribution in [2.24, 2.45) is 0 Å². The van der Waals surface area contributed by atoms with E-state index in [1.165, 1.54) is 0 Å². The van der Waals surface area contributed by atoms with Crippen LogP contribution in [0.4, 0.5) is 0 Å². The number of rotatable bonds is 5. The third kappa shape index (κ3) is 16.5. The fourth-order valence-corrected chi connectivity index (χ4v) is 0.552. The summed E-state index contributed by atoms with van der Waals surface area (Å²) in [4.78, 5) is 19.8. The van der Waals surface area contributed by atoms with Crippen LogP contribution in [0.5, 0.6) is 0 Å². The molecule has 0 aromatic carbocycles. The zero-order chi connectivity index (χ0) is 7.98. The van der Waals surface area contributed by atoms with E-state index >= 15 is 0 Å². The van der Waals surface area contributed by atoms with Gasteiger partial charge in [0.05, 0.1) is 0 Å². The van der Waals surface area contributed by atoms with E-state index in [1.807, 2.05) is 0 Å². The second-order valence-corrected chi connectivity index (χ2v) is 1.99. The molecule has 0 fully saturated rings. The molecule has 0 amide bonds. The molecule has 6 heteroatoms. The predicted octanol–water partition coefficient (Wildman–Crippen LogP) is 0.222. The van der Waals surface area contributed by atoms with E-state index in [9.17, 15) is 9.59 Å².